The summed E-state index contributed by atoms with van der Waals surface area (Å²) in [5, 5.41) is 129. The minimum Gasteiger partial charge on any atom is -0.394 e. The van der Waals surface area contributed by atoms with Crippen molar-refractivity contribution in [2.75, 3.05) is 33.5 Å². The van der Waals surface area contributed by atoms with Gasteiger partial charge in [-0.05, 0) is 0 Å². The van der Waals surface area contributed by atoms with Gasteiger partial charge in [-0.15, -0.1) is 0 Å². The number of aliphatic hydroxyl groups is 13. The maximum atomic E-state index is 11.5. The molecule has 1 amide bonds. The third-order valence-electron chi connectivity index (χ3n) is 8.95. The molecule has 4 fully saturated rings. The molecule has 20 atom stereocenters. The van der Waals surface area contributed by atoms with E-state index in [4.69, 9.17) is 33.2 Å². The predicted molar refractivity (Wildman–Crippen MR) is 157 cm³/mol. The average Bonchev–Trinajstić information content (AvgIpc) is 3.09. The van der Waals surface area contributed by atoms with Gasteiger partial charge in [0.15, 0.2) is 25.2 Å². The summed E-state index contributed by atoms with van der Waals surface area (Å²) in [6, 6.07) is -1.04. The standard InChI is InChI=1S/C15H27NO11.C13H24O10/c1-5(19)16-8-13(10(21)7(4-18)25-14(8)24-2)27-15-12(23)11(22)9(20)6(3-17)26-15;1-4-7(16)5(2-14)22-13(8(4)17)23-11-6(3-15)21-12(20)10(19)9(11)18/h6-15,17-18,20-23H,3-4H2,1-2H3,(H,16,19);4-20H,2-3H2,1H3/t6?,7?,8?,9-,10+,11-,12?,13+,14+,15-;4-,5?,6?,7+,8?,9+,10?,11+,12?,13-/m00/s1. The van der Waals surface area contributed by atoms with Crippen molar-refractivity contribution in [3.63, 3.8) is 0 Å². The number of hydrogen-bond acceptors (Lipinski definition) is 21. The Morgan fingerprint density at radius 1 is 0.560 bits per heavy atom. The van der Waals surface area contributed by atoms with Gasteiger partial charge in [0.1, 0.15) is 85.4 Å². The van der Waals surface area contributed by atoms with Crippen LogP contribution >= 0.6 is 0 Å². The SMILES string of the molecule is CO[C@@H]1OC(CO)[C@@H](O)[C@H](O[C@@H]2OC(CO)[C@H](O)[C@H](O)C2O)C1NC(C)=O.C[C@@H]1C(O)[C@H](O[C@@H]2C(CO)OC(O)C(O)[C@H]2O)OC(CO)[C@@H]1O. The van der Waals surface area contributed by atoms with Crippen molar-refractivity contribution in [1.82, 2.24) is 5.32 Å². The molecule has 4 heterocycles. The zero-order chi connectivity index (χ0) is 37.6. The summed E-state index contributed by atoms with van der Waals surface area (Å²) in [7, 11) is 1.29. The van der Waals surface area contributed by atoms with Gasteiger partial charge < -0.3 is 105 Å². The zero-order valence-electron chi connectivity index (χ0n) is 27.5. The third-order valence-corrected chi connectivity index (χ3v) is 8.95. The summed E-state index contributed by atoms with van der Waals surface area (Å²) < 4.78 is 37.0. The van der Waals surface area contributed by atoms with Crippen LogP contribution in [0.3, 0.4) is 0 Å². The lowest BCUT2D eigenvalue weighted by Crippen LogP contribution is -2.68. The average molecular weight is 738 g/mol. The van der Waals surface area contributed by atoms with Crippen LogP contribution in [-0.4, -0.2) is 222 Å². The minimum atomic E-state index is -1.70. The second-order valence-corrected chi connectivity index (χ2v) is 12.4. The van der Waals surface area contributed by atoms with Crippen LogP contribution in [0.15, 0.2) is 0 Å². The van der Waals surface area contributed by atoms with E-state index in [2.05, 4.69) is 5.32 Å². The van der Waals surface area contributed by atoms with E-state index in [1.54, 1.807) is 0 Å². The van der Waals surface area contributed by atoms with Crippen LogP contribution in [0, 0.1) is 5.92 Å². The molecule has 0 radical (unpaired) electrons. The molecule has 22 heteroatoms. The minimum absolute atomic E-state index is 0.484. The van der Waals surface area contributed by atoms with Crippen LogP contribution in [0.2, 0.25) is 0 Å². The first-order valence-electron chi connectivity index (χ1n) is 15.8. The fourth-order valence-corrected chi connectivity index (χ4v) is 5.93. The summed E-state index contributed by atoms with van der Waals surface area (Å²) >= 11 is 0. The third kappa shape index (κ3) is 9.61. The van der Waals surface area contributed by atoms with E-state index in [0.717, 1.165) is 0 Å². The quantitative estimate of drug-likeness (QED) is 0.0989. The van der Waals surface area contributed by atoms with E-state index >= 15 is 0 Å². The van der Waals surface area contributed by atoms with Gasteiger partial charge in [0.25, 0.3) is 0 Å². The number of methoxy groups -OCH3 is 1. The highest BCUT2D eigenvalue weighted by Gasteiger charge is 2.52. The van der Waals surface area contributed by atoms with E-state index in [0.29, 0.717) is 0 Å². The first-order chi connectivity index (χ1) is 23.6. The number of aliphatic hydroxyl groups excluding tert-OH is 13. The molecule has 0 aliphatic carbocycles. The van der Waals surface area contributed by atoms with Gasteiger partial charge in [-0.25, -0.2) is 0 Å². The van der Waals surface area contributed by atoms with Crippen LogP contribution < -0.4 is 5.32 Å². The smallest absolute Gasteiger partial charge is 0.217 e. The predicted octanol–water partition coefficient (Wildman–Crippen LogP) is -8.72. The molecule has 0 aromatic carbocycles. The lowest BCUT2D eigenvalue weighted by Gasteiger charge is -2.47. The highest BCUT2D eigenvalue weighted by molar-refractivity contribution is 5.73. The number of rotatable bonds is 10. The van der Waals surface area contributed by atoms with Crippen LogP contribution in [0.25, 0.3) is 0 Å². The first-order valence-corrected chi connectivity index (χ1v) is 15.8. The fraction of sp³-hybridized carbons (Fsp3) is 0.964. The zero-order valence-corrected chi connectivity index (χ0v) is 27.5. The van der Waals surface area contributed by atoms with Gasteiger partial charge in [-0.3, -0.25) is 4.79 Å². The Morgan fingerprint density at radius 2 is 1.04 bits per heavy atom. The van der Waals surface area contributed by atoms with Crippen molar-refractivity contribution in [3.05, 3.63) is 0 Å². The molecule has 22 nitrogen and oxygen atoms in total. The van der Waals surface area contributed by atoms with Crippen molar-refractivity contribution in [2.45, 2.75) is 131 Å². The van der Waals surface area contributed by atoms with E-state index in [9.17, 15) is 71.2 Å². The summed E-state index contributed by atoms with van der Waals surface area (Å²) in [5.41, 5.74) is 0. The Balaban J connectivity index is 0.000000274. The molecule has 50 heavy (non-hydrogen) atoms. The molecule has 0 aromatic rings. The van der Waals surface area contributed by atoms with Crippen molar-refractivity contribution in [2.24, 2.45) is 5.92 Å². The molecule has 14 N–H and O–H groups in total. The molecule has 4 rings (SSSR count). The van der Waals surface area contributed by atoms with Crippen molar-refractivity contribution in [3.8, 4) is 0 Å². The lowest BCUT2D eigenvalue weighted by atomic mass is 9.90. The van der Waals surface area contributed by atoms with Crippen molar-refractivity contribution >= 4 is 5.91 Å². The van der Waals surface area contributed by atoms with Gasteiger partial charge in [0.2, 0.25) is 5.91 Å². The highest BCUT2D eigenvalue weighted by atomic mass is 16.7. The number of hydrogen-bond donors (Lipinski definition) is 14. The maximum Gasteiger partial charge on any atom is 0.217 e. The summed E-state index contributed by atoms with van der Waals surface area (Å²) in [6.07, 6.45) is -24.8. The van der Waals surface area contributed by atoms with Crippen LogP contribution in [0.5, 0.6) is 0 Å². The highest BCUT2D eigenvalue weighted by Crippen LogP contribution is 2.32. The molecule has 0 spiro atoms. The van der Waals surface area contributed by atoms with E-state index in [1.807, 2.05) is 0 Å². The number of ether oxygens (including phenoxy) is 7. The molecule has 0 saturated carbocycles. The normalized spacial score (nSPS) is 48.3. The number of carbonyl (C=O) groups excluding carboxylic acids is 1. The molecule has 4 saturated heterocycles. The van der Waals surface area contributed by atoms with Crippen LogP contribution in [0.1, 0.15) is 13.8 Å². The molecule has 9 unspecified atom stereocenters. The molecule has 0 aromatic heterocycles. The topological polar surface area (TPSA) is 357 Å². The van der Waals surface area contributed by atoms with Gasteiger partial charge in [0, 0.05) is 20.0 Å². The monoisotopic (exact) mass is 737 g/mol. The maximum absolute atomic E-state index is 11.5. The lowest BCUT2D eigenvalue weighted by molar-refractivity contribution is -0.350. The molecule has 4 aliphatic heterocycles. The Kier molecular flexibility index (Phi) is 16.5. The summed E-state index contributed by atoms with van der Waals surface area (Å²) in [6.45, 7) is 0.399. The second kappa shape index (κ2) is 19.1. The Morgan fingerprint density at radius 3 is 1.56 bits per heavy atom. The molecule has 294 valence electrons. The Labute approximate surface area is 285 Å². The number of nitrogens with one attached hydrogen (secondary N) is 1. The number of carbonyl (C=O) groups is 1. The van der Waals surface area contributed by atoms with E-state index in [-0.39, 0.29) is 0 Å². The van der Waals surface area contributed by atoms with Crippen LogP contribution in [-0.2, 0) is 38.0 Å². The fourth-order valence-electron chi connectivity index (χ4n) is 5.93. The summed E-state index contributed by atoms with van der Waals surface area (Å²) in [5.74, 6) is -1.17. The number of amides is 1. The molecular formula is C28H51NO21. The van der Waals surface area contributed by atoms with Crippen LogP contribution in [0.4, 0.5) is 0 Å². The van der Waals surface area contributed by atoms with E-state index < -0.39 is 155 Å². The van der Waals surface area contributed by atoms with Crippen molar-refractivity contribution < 1.29 is 104 Å². The Bertz CT molecular complexity index is 1030. The first kappa shape index (κ1) is 43.1. The molecule has 0 bridgehead atoms. The van der Waals surface area contributed by atoms with E-state index in [1.165, 1.54) is 21.0 Å². The van der Waals surface area contributed by atoms with Gasteiger partial charge in [0.05, 0.1) is 32.5 Å². The van der Waals surface area contributed by atoms with Gasteiger partial charge in [-0.2, -0.15) is 0 Å². The van der Waals surface area contributed by atoms with Gasteiger partial charge in [-0.1, -0.05) is 6.92 Å². The second-order valence-electron chi connectivity index (χ2n) is 12.4. The molecule has 4 aliphatic rings. The summed E-state index contributed by atoms with van der Waals surface area (Å²) in [4.78, 5) is 11.5. The molecular weight excluding hydrogens is 686 g/mol. The van der Waals surface area contributed by atoms with Gasteiger partial charge >= 0.3 is 0 Å². The Hall–Kier alpha value is -1.33. The van der Waals surface area contributed by atoms with Crippen molar-refractivity contribution in [1.29, 1.82) is 0 Å². The largest absolute Gasteiger partial charge is 0.394 e.